The van der Waals surface area contributed by atoms with Crippen LogP contribution in [0.5, 0.6) is 0 Å². The molecule has 3 rings (SSSR count). The van der Waals surface area contributed by atoms with E-state index in [1.54, 1.807) is 0 Å². The van der Waals surface area contributed by atoms with Crippen molar-refractivity contribution in [3.05, 3.63) is 35.4 Å². The van der Waals surface area contributed by atoms with Gasteiger partial charge in [-0.3, -0.25) is 19.8 Å². The van der Waals surface area contributed by atoms with Crippen molar-refractivity contribution in [1.29, 1.82) is 5.41 Å². The van der Waals surface area contributed by atoms with Crippen LogP contribution in [0.1, 0.15) is 62.5 Å². The monoisotopic (exact) mass is 464 g/mol. The number of rotatable bonds is 7. The lowest BCUT2D eigenvalue weighted by atomic mass is 9.81. The summed E-state index contributed by atoms with van der Waals surface area (Å²) in [6.45, 7) is 2.12. The Labute approximate surface area is 195 Å². The van der Waals surface area contributed by atoms with Gasteiger partial charge in [0.2, 0.25) is 11.8 Å². The Balaban J connectivity index is 0.00000363. The largest absolute Gasteiger partial charge is 0.469 e. The van der Waals surface area contributed by atoms with Crippen molar-refractivity contribution >= 4 is 36.0 Å². The van der Waals surface area contributed by atoms with Gasteiger partial charge >= 0.3 is 5.97 Å². The van der Waals surface area contributed by atoms with Crippen molar-refractivity contribution in [3.63, 3.8) is 0 Å². The number of esters is 1. The summed E-state index contributed by atoms with van der Waals surface area (Å²) in [4.78, 5) is 34.5. The van der Waals surface area contributed by atoms with E-state index < -0.39 is 0 Å². The van der Waals surface area contributed by atoms with Gasteiger partial charge in [-0.1, -0.05) is 24.3 Å². The summed E-state index contributed by atoms with van der Waals surface area (Å²) < 4.78 is 4.67. The minimum Gasteiger partial charge on any atom is -0.469 e. The van der Waals surface area contributed by atoms with Gasteiger partial charge in [-0.05, 0) is 43.6 Å². The van der Waals surface area contributed by atoms with Crippen molar-refractivity contribution in [1.82, 2.24) is 16.0 Å². The van der Waals surface area contributed by atoms with Gasteiger partial charge in [-0.15, -0.1) is 12.4 Å². The van der Waals surface area contributed by atoms with Gasteiger partial charge in [-0.2, -0.15) is 0 Å². The van der Waals surface area contributed by atoms with Crippen LogP contribution in [0.25, 0.3) is 0 Å². The van der Waals surface area contributed by atoms with Gasteiger partial charge in [0, 0.05) is 31.1 Å². The molecule has 0 unspecified atom stereocenters. The summed E-state index contributed by atoms with van der Waals surface area (Å²) in [6.07, 6.45) is 5.12. The van der Waals surface area contributed by atoms with E-state index in [4.69, 9.17) is 5.41 Å². The maximum absolute atomic E-state index is 12.0. The average molecular weight is 465 g/mol. The lowest BCUT2D eigenvalue weighted by Gasteiger charge is -2.30. The molecule has 32 heavy (non-hydrogen) atoms. The summed E-state index contributed by atoms with van der Waals surface area (Å²) >= 11 is 0. The number of benzene rings is 1. The average Bonchev–Trinajstić information content (AvgIpc) is 3.11. The number of methoxy groups -OCH3 is 1. The first-order chi connectivity index (χ1) is 14.9. The number of ether oxygens (including phenoxy) is 1. The van der Waals surface area contributed by atoms with Crippen LogP contribution < -0.4 is 16.0 Å². The van der Waals surface area contributed by atoms with Crippen LogP contribution in [0.15, 0.2) is 24.3 Å². The van der Waals surface area contributed by atoms with Gasteiger partial charge < -0.3 is 20.7 Å². The molecule has 1 saturated heterocycles. The van der Waals surface area contributed by atoms with E-state index in [1.807, 2.05) is 12.1 Å². The fourth-order valence-corrected chi connectivity index (χ4v) is 4.53. The van der Waals surface area contributed by atoms with Crippen molar-refractivity contribution in [3.8, 4) is 0 Å². The van der Waals surface area contributed by atoms with Crippen molar-refractivity contribution in [2.45, 2.75) is 63.5 Å². The number of amides is 2. The Morgan fingerprint density at radius 2 is 1.81 bits per heavy atom. The summed E-state index contributed by atoms with van der Waals surface area (Å²) in [5.41, 5.74) is 1.98. The molecule has 176 valence electrons. The first kappa shape index (κ1) is 25.8. The topological polar surface area (TPSA) is 120 Å². The summed E-state index contributed by atoms with van der Waals surface area (Å²) in [6, 6.07) is 8.39. The maximum atomic E-state index is 12.0. The SMILES string of the molecule is COC(=O)C[C@@H]1C[C@@H](CNC2CCC(c3ccc(C(=N)NC(C)=O)cc3)CC2)NC1=O.Cl. The van der Waals surface area contributed by atoms with E-state index in [9.17, 15) is 14.4 Å². The molecule has 8 nitrogen and oxygen atoms in total. The van der Waals surface area contributed by atoms with Crippen LogP contribution in [-0.2, 0) is 19.1 Å². The molecule has 1 aliphatic heterocycles. The first-order valence-corrected chi connectivity index (χ1v) is 10.9. The van der Waals surface area contributed by atoms with E-state index in [2.05, 4.69) is 32.8 Å². The van der Waals surface area contributed by atoms with E-state index in [-0.39, 0.29) is 54.4 Å². The third-order valence-corrected chi connectivity index (χ3v) is 6.28. The second kappa shape index (κ2) is 12.0. The van der Waals surface area contributed by atoms with E-state index in [0.717, 1.165) is 32.2 Å². The number of hydrogen-bond acceptors (Lipinski definition) is 6. The lowest BCUT2D eigenvalue weighted by molar-refractivity contribution is -0.143. The molecule has 0 spiro atoms. The van der Waals surface area contributed by atoms with Crippen LogP contribution >= 0.6 is 12.4 Å². The number of hydrogen-bond donors (Lipinski definition) is 4. The zero-order valence-corrected chi connectivity index (χ0v) is 19.4. The summed E-state index contributed by atoms with van der Waals surface area (Å²) in [5, 5.41) is 17.0. The van der Waals surface area contributed by atoms with Gasteiger partial charge in [0.25, 0.3) is 0 Å². The minimum atomic E-state index is -0.341. The molecule has 1 aliphatic carbocycles. The summed E-state index contributed by atoms with van der Waals surface area (Å²) in [7, 11) is 1.34. The Morgan fingerprint density at radius 1 is 1.16 bits per heavy atom. The number of nitrogens with one attached hydrogen (secondary N) is 4. The molecular weight excluding hydrogens is 432 g/mol. The number of amidine groups is 1. The third kappa shape index (κ3) is 7.03. The predicted molar refractivity (Wildman–Crippen MR) is 124 cm³/mol. The summed E-state index contributed by atoms with van der Waals surface area (Å²) in [5.74, 6) is -0.304. The zero-order valence-electron chi connectivity index (χ0n) is 18.6. The quantitative estimate of drug-likeness (QED) is 0.280. The Hall–Kier alpha value is -2.45. The Kier molecular flexibility index (Phi) is 9.65. The molecule has 1 aromatic rings. The van der Waals surface area contributed by atoms with Crippen LogP contribution in [-0.4, -0.2) is 49.4 Å². The maximum Gasteiger partial charge on any atom is 0.306 e. The fourth-order valence-electron chi connectivity index (χ4n) is 4.53. The Bertz CT molecular complexity index is 822. The predicted octanol–water partition coefficient (Wildman–Crippen LogP) is 2.25. The minimum absolute atomic E-state index is 0. The second-order valence-corrected chi connectivity index (χ2v) is 8.55. The molecular formula is C23H33ClN4O4. The molecule has 0 radical (unpaired) electrons. The zero-order chi connectivity index (χ0) is 22.4. The smallest absolute Gasteiger partial charge is 0.306 e. The molecule has 1 heterocycles. The first-order valence-electron chi connectivity index (χ1n) is 10.9. The van der Waals surface area contributed by atoms with Gasteiger partial charge in [0.05, 0.1) is 19.4 Å². The van der Waals surface area contributed by atoms with Crippen molar-refractivity contribution in [2.24, 2.45) is 5.92 Å². The highest BCUT2D eigenvalue weighted by molar-refractivity contribution is 6.05. The molecule has 1 aromatic carbocycles. The highest BCUT2D eigenvalue weighted by atomic mass is 35.5. The molecule has 2 amide bonds. The van der Waals surface area contributed by atoms with E-state index in [0.29, 0.717) is 23.9 Å². The lowest BCUT2D eigenvalue weighted by Crippen LogP contribution is -2.41. The number of halogens is 1. The molecule has 2 atom stereocenters. The van der Waals surface area contributed by atoms with Crippen LogP contribution in [0.4, 0.5) is 0 Å². The molecule has 1 saturated carbocycles. The van der Waals surface area contributed by atoms with E-state index in [1.165, 1.54) is 19.6 Å². The molecule has 2 fully saturated rings. The third-order valence-electron chi connectivity index (χ3n) is 6.28. The molecule has 2 aliphatic rings. The fraction of sp³-hybridized carbons (Fsp3) is 0.565. The number of carbonyl (C=O) groups is 3. The van der Waals surface area contributed by atoms with Crippen LogP contribution in [0.3, 0.4) is 0 Å². The van der Waals surface area contributed by atoms with Gasteiger partial charge in [-0.25, -0.2) is 0 Å². The van der Waals surface area contributed by atoms with Crippen LogP contribution in [0, 0.1) is 11.3 Å². The van der Waals surface area contributed by atoms with Crippen molar-refractivity contribution < 1.29 is 19.1 Å². The molecule has 9 heteroatoms. The highest BCUT2D eigenvalue weighted by Gasteiger charge is 2.34. The molecule has 4 N–H and O–H groups in total. The van der Waals surface area contributed by atoms with E-state index >= 15 is 0 Å². The highest BCUT2D eigenvalue weighted by Crippen LogP contribution is 2.33. The molecule has 0 aromatic heterocycles. The molecule has 0 bridgehead atoms. The van der Waals surface area contributed by atoms with Gasteiger partial charge in [0.1, 0.15) is 5.84 Å². The number of carbonyl (C=O) groups excluding carboxylic acids is 3. The van der Waals surface area contributed by atoms with Gasteiger partial charge in [0.15, 0.2) is 0 Å². The normalized spacial score (nSPS) is 24.8. The second-order valence-electron chi connectivity index (χ2n) is 8.55. The standard InChI is InChI=1S/C23H32N4O4.ClH/c1-14(28)26-22(24)17-5-3-15(4-6-17)16-7-9-19(10-8-16)25-13-20-11-18(23(30)27-20)12-21(29)31-2;/h3-6,16,18-20,25H,7-13H2,1-2H3,(H,27,30)(H2,24,26,28);1H/t16?,18-,19?,20-;/m0./s1. The Morgan fingerprint density at radius 3 is 2.41 bits per heavy atom. The van der Waals surface area contributed by atoms with Crippen molar-refractivity contribution in [2.75, 3.05) is 13.7 Å². The van der Waals surface area contributed by atoms with Crippen LogP contribution in [0.2, 0.25) is 0 Å².